The Morgan fingerprint density at radius 3 is 2.85 bits per heavy atom. The first-order valence-corrected chi connectivity index (χ1v) is 6.23. The van der Waals surface area contributed by atoms with Crippen molar-refractivity contribution < 1.29 is 14.4 Å². The highest BCUT2D eigenvalue weighted by molar-refractivity contribution is 6.39. The Kier molecular flexibility index (Phi) is 4.14. The average Bonchev–Trinajstić information content (AvgIpc) is 2.44. The number of carbonyl (C=O) groups excluding carboxylic acids is 3. The van der Waals surface area contributed by atoms with E-state index in [0.29, 0.717) is 18.5 Å². The van der Waals surface area contributed by atoms with Crippen molar-refractivity contribution in [2.45, 2.75) is 12.8 Å². The molecule has 1 aromatic carbocycles. The Morgan fingerprint density at radius 1 is 1.30 bits per heavy atom. The molecule has 1 aromatic rings. The number of nitrogens with one attached hydrogen (secondary N) is 3. The van der Waals surface area contributed by atoms with Crippen LogP contribution in [0.25, 0.3) is 0 Å². The summed E-state index contributed by atoms with van der Waals surface area (Å²) in [5.74, 6) is -1.46. The van der Waals surface area contributed by atoms with Gasteiger partial charge in [-0.2, -0.15) is 0 Å². The Morgan fingerprint density at radius 2 is 2.10 bits per heavy atom. The lowest BCUT2D eigenvalue weighted by Crippen LogP contribution is -2.35. The molecule has 0 unspecified atom stereocenters. The topological polar surface area (TPSA) is 87.3 Å². The van der Waals surface area contributed by atoms with Gasteiger partial charge in [-0.05, 0) is 30.2 Å². The van der Waals surface area contributed by atoms with Crippen molar-refractivity contribution in [2.24, 2.45) is 0 Å². The van der Waals surface area contributed by atoms with Crippen LogP contribution in [0.5, 0.6) is 0 Å². The lowest BCUT2D eigenvalue weighted by molar-refractivity contribution is -0.136. The molecule has 0 bridgehead atoms. The highest BCUT2D eigenvalue weighted by Gasteiger charge is 2.17. The van der Waals surface area contributed by atoms with Crippen LogP contribution < -0.4 is 16.0 Å². The van der Waals surface area contributed by atoms with Crippen molar-refractivity contribution in [2.75, 3.05) is 17.2 Å². The second-order valence-corrected chi connectivity index (χ2v) is 4.37. The van der Waals surface area contributed by atoms with Crippen LogP contribution in [0.4, 0.5) is 11.4 Å². The van der Waals surface area contributed by atoms with E-state index in [4.69, 9.17) is 0 Å². The quantitative estimate of drug-likeness (QED) is 0.562. The van der Waals surface area contributed by atoms with E-state index in [2.05, 4.69) is 22.5 Å². The fourth-order valence-electron chi connectivity index (χ4n) is 1.89. The van der Waals surface area contributed by atoms with Gasteiger partial charge in [-0.1, -0.05) is 6.08 Å². The fraction of sp³-hybridized carbons (Fsp3) is 0.214. The number of carbonyl (C=O) groups is 3. The van der Waals surface area contributed by atoms with Crippen molar-refractivity contribution in [3.05, 3.63) is 36.4 Å². The van der Waals surface area contributed by atoms with Crippen molar-refractivity contribution in [1.82, 2.24) is 5.32 Å². The van der Waals surface area contributed by atoms with Gasteiger partial charge in [-0.3, -0.25) is 14.4 Å². The Balaban J connectivity index is 2.03. The Hall–Kier alpha value is -2.63. The number of hydrogen-bond donors (Lipinski definition) is 3. The van der Waals surface area contributed by atoms with Gasteiger partial charge < -0.3 is 16.0 Å². The summed E-state index contributed by atoms with van der Waals surface area (Å²) in [6.07, 6.45) is 2.53. The van der Waals surface area contributed by atoms with Gasteiger partial charge in [0.05, 0.1) is 0 Å². The fourth-order valence-corrected chi connectivity index (χ4v) is 1.89. The van der Waals surface area contributed by atoms with Gasteiger partial charge in [-0.25, -0.2) is 0 Å². The van der Waals surface area contributed by atoms with E-state index < -0.39 is 11.8 Å². The summed E-state index contributed by atoms with van der Waals surface area (Å²) >= 11 is 0. The number of aryl methyl sites for hydroxylation is 1. The highest BCUT2D eigenvalue weighted by atomic mass is 16.2. The van der Waals surface area contributed by atoms with Crippen LogP contribution in [0.2, 0.25) is 0 Å². The maximum Gasteiger partial charge on any atom is 0.313 e. The summed E-state index contributed by atoms with van der Waals surface area (Å²) < 4.78 is 0. The average molecular weight is 273 g/mol. The minimum atomic E-state index is -0.730. The van der Waals surface area contributed by atoms with E-state index in [1.165, 1.54) is 6.08 Å². The van der Waals surface area contributed by atoms with Gasteiger partial charge in [0.15, 0.2) is 0 Å². The number of amides is 3. The first-order valence-electron chi connectivity index (χ1n) is 6.23. The SMILES string of the molecule is C=CCNC(=O)C(=O)Nc1ccc2c(c1)CCC(=O)N2. The summed E-state index contributed by atoms with van der Waals surface area (Å²) in [5, 5.41) is 7.66. The predicted molar refractivity (Wildman–Crippen MR) is 75.2 cm³/mol. The van der Waals surface area contributed by atoms with E-state index in [1.807, 2.05) is 0 Å². The van der Waals surface area contributed by atoms with Crippen LogP contribution in [0.1, 0.15) is 12.0 Å². The second-order valence-electron chi connectivity index (χ2n) is 4.37. The molecule has 1 heterocycles. The van der Waals surface area contributed by atoms with E-state index in [-0.39, 0.29) is 12.5 Å². The third kappa shape index (κ3) is 3.23. The number of anilines is 2. The van der Waals surface area contributed by atoms with Gasteiger partial charge in [0, 0.05) is 24.3 Å². The Labute approximate surface area is 116 Å². The van der Waals surface area contributed by atoms with Gasteiger partial charge in [0.1, 0.15) is 0 Å². The summed E-state index contributed by atoms with van der Waals surface area (Å²) in [5.41, 5.74) is 2.21. The van der Waals surface area contributed by atoms with Crippen molar-refractivity contribution >= 4 is 29.1 Å². The summed E-state index contributed by atoms with van der Waals surface area (Å²) in [4.78, 5) is 34.3. The lowest BCUT2D eigenvalue weighted by Gasteiger charge is -2.17. The molecule has 1 aliphatic rings. The molecule has 0 saturated heterocycles. The number of benzene rings is 1. The number of rotatable bonds is 3. The zero-order valence-electron chi connectivity index (χ0n) is 10.9. The molecule has 6 nitrogen and oxygen atoms in total. The van der Waals surface area contributed by atoms with E-state index in [1.54, 1.807) is 18.2 Å². The van der Waals surface area contributed by atoms with Crippen LogP contribution in [0.15, 0.2) is 30.9 Å². The van der Waals surface area contributed by atoms with Gasteiger partial charge in [0.25, 0.3) is 0 Å². The molecule has 20 heavy (non-hydrogen) atoms. The zero-order chi connectivity index (χ0) is 14.5. The van der Waals surface area contributed by atoms with Crippen molar-refractivity contribution in [3.63, 3.8) is 0 Å². The molecule has 3 amide bonds. The molecule has 2 rings (SSSR count). The molecule has 0 radical (unpaired) electrons. The maximum atomic E-state index is 11.6. The smallest absolute Gasteiger partial charge is 0.313 e. The number of fused-ring (bicyclic) bond motifs is 1. The van der Waals surface area contributed by atoms with Crippen LogP contribution >= 0.6 is 0 Å². The molecular formula is C14H15N3O3. The molecule has 0 saturated carbocycles. The third-order valence-electron chi connectivity index (χ3n) is 2.87. The van der Waals surface area contributed by atoms with E-state index in [9.17, 15) is 14.4 Å². The van der Waals surface area contributed by atoms with E-state index >= 15 is 0 Å². The lowest BCUT2D eigenvalue weighted by atomic mass is 10.0. The largest absolute Gasteiger partial charge is 0.344 e. The van der Waals surface area contributed by atoms with Gasteiger partial charge in [-0.15, -0.1) is 6.58 Å². The van der Waals surface area contributed by atoms with Crippen LogP contribution in [0.3, 0.4) is 0 Å². The standard InChI is InChI=1S/C14H15N3O3/c1-2-7-15-13(19)14(20)16-10-4-5-11-9(8-10)3-6-12(18)17-11/h2,4-5,8H,1,3,6-7H2,(H,15,19)(H,16,20)(H,17,18). The predicted octanol–water partition coefficient (Wildman–Crippen LogP) is 0.812. The summed E-state index contributed by atoms with van der Waals surface area (Å²) in [6.45, 7) is 3.69. The maximum absolute atomic E-state index is 11.6. The van der Waals surface area contributed by atoms with Crippen LogP contribution in [-0.2, 0) is 20.8 Å². The first-order chi connectivity index (χ1) is 9.60. The first kappa shape index (κ1) is 13.8. The van der Waals surface area contributed by atoms with Gasteiger partial charge >= 0.3 is 11.8 Å². The molecule has 6 heteroatoms. The molecule has 3 N–H and O–H groups in total. The molecular weight excluding hydrogens is 258 g/mol. The van der Waals surface area contributed by atoms with Crippen molar-refractivity contribution in [1.29, 1.82) is 0 Å². The highest BCUT2D eigenvalue weighted by Crippen LogP contribution is 2.25. The minimum absolute atomic E-state index is 0.0157. The van der Waals surface area contributed by atoms with Crippen molar-refractivity contribution in [3.8, 4) is 0 Å². The van der Waals surface area contributed by atoms with Crippen LogP contribution in [0, 0.1) is 0 Å². The molecule has 1 aliphatic heterocycles. The molecule has 0 aliphatic carbocycles. The molecule has 104 valence electrons. The minimum Gasteiger partial charge on any atom is -0.344 e. The number of hydrogen-bond acceptors (Lipinski definition) is 3. The van der Waals surface area contributed by atoms with Crippen LogP contribution in [-0.4, -0.2) is 24.3 Å². The molecule has 0 aromatic heterocycles. The summed E-state index contributed by atoms with van der Waals surface area (Å²) in [6, 6.07) is 5.11. The van der Waals surface area contributed by atoms with E-state index in [0.717, 1.165) is 11.3 Å². The molecule has 0 atom stereocenters. The molecule has 0 spiro atoms. The Bertz CT molecular complexity index is 581. The van der Waals surface area contributed by atoms with Gasteiger partial charge in [0.2, 0.25) is 5.91 Å². The zero-order valence-corrected chi connectivity index (χ0v) is 10.9. The third-order valence-corrected chi connectivity index (χ3v) is 2.87. The normalized spacial score (nSPS) is 12.9. The second kappa shape index (κ2) is 6.01. The summed E-state index contributed by atoms with van der Waals surface area (Å²) in [7, 11) is 0. The monoisotopic (exact) mass is 273 g/mol. The molecule has 0 fully saturated rings.